The molecule has 0 heterocycles. The molecule has 0 aliphatic heterocycles. The molecule has 0 saturated heterocycles. The maximum atomic E-state index is 11.8. The number of unbranched alkanes of at least 4 members (excludes halogenated alkanes) is 2. The number of amides is 2. The Kier molecular flexibility index (Phi) is 5.50. The molecule has 144 valence electrons. The van der Waals surface area contributed by atoms with Crippen LogP contribution in [0.2, 0.25) is 0 Å². The number of hydrogen-bond acceptors (Lipinski definition) is 4. The molecule has 2 amide bonds. The Morgan fingerprint density at radius 3 is 1.74 bits per heavy atom. The average Bonchev–Trinajstić information content (AvgIpc) is 3.18. The van der Waals surface area contributed by atoms with Crippen LogP contribution in [0.25, 0.3) is 0 Å². The van der Waals surface area contributed by atoms with Gasteiger partial charge >= 0.3 is 0 Å². The molecule has 4 atom stereocenters. The number of hydrazone groups is 2. The smallest absolute Gasteiger partial charge is 0.240 e. The second kappa shape index (κ2) is 8.19. The lowest BCUT2D eigenvalue weighted by Crippen LogP contribution is -2.35. The Hall–Kier alpha value is -2.24. The van der Waals surface area contributed by atoms with Crippen LogP contribution in [-0.4, -0.2) is 23.2 Å². The van der Waals surface area contributed by atoms with Crippen molar-refractivity contribution in [3.63, 3.8) is 0 Å². The van der Waals surface area contributed by atoms with Crippen LogP contribution in [-0.2, 0) is 9.59 Å². The molecular formula is C21H28N4O2. The highest BCUT2D eigenvalue weighted by molar-refractivity contribution is 5.96. The first kappa shape index (κ1) is 18.1. The third kappa shape index (κ3) is 4.20. The highest BCUT2D eigenvalue weighted by atomic mass is 16.2. The van der Waals surface area contributed by atoms with Crippen LogP contribution in [0, 0.1) is 23.7 Å². The molecule has 0 radical (unpaired) electrons. The van der Waals surface area contributed by atoms with Gasteiger partial charge in [-0.2, -0.15) is 10.2 Å². The predicted molar refractivity (Wildman–Crippen MR) is 105 cm³/mol. The van der Waals surface area contributed by atoms with E-state index < -0.39 is 0 Å². The molecule has 2 saturated carbocycles. The average molecular weight is 368 g/mol. The second-order valence-corrected chi connectivity index (χ2v) is 8.14. The maximum absolute atomic E-state index is 11.8. The van der Waals surface area contributed by atoms with Crippen molar-refractivity contribution in [2.24, 2.45) is 33.9 Å². The largest absolute Gasteiger partial charge is 0.273 e. The van der Waals surface area contributed by atoms with Gasteiger partial charge in [0.05, 0.1) is 0 Å². The second-order valence-electron chi connectivity index (χ2n) is 8.14. The van der Waals surface area contributed by atoms with Crippen molar-refractivity contribution in [2.75, 3.05) is 0 Å². The number of nitrogens with zero attached hydrogens (tertiary/aromatic N) is 2. The van der Waals surface area contributed by atoms with Crippen LogP contribution in [0.5, 0.6) is 0 Å². The van der Waals surface area contributed by atoms with Gasteiger partial charge in [-0.25, -0.2) is 10.9 Å². The van der Waals surface area contributed by atoms with Gasteiger partial charge in [0.15, 0.2) is 0 Å². The van der Waals surface area contributed by atoms with E-state index in [4.69, 9.17) is 0 Å². The van der Waals surface area contributed by atoms with Gasteiger partial charge in [0, 0.05) is 36.1 Å². The summed E-state index contributed by atoms with van der Waals surface area (Å²) in [6, 6.07) is 0. The first-order valence-electron chi connectivity index (χ1n) is 10.2. The number of carbonyl (C=O) groups is 2. The summed E-state index contributed by atoms with van der Waals surface area (Å²) < 4.78 is 0. The summed E-state index contributed by atoms with van der Waals surface area (Å²) >= 11 is 0. The minimum atomic E-state index is -0.0343. The van der Waals surface area contributed by atoms with E-state index in [1.54, 1.807) is 0 Å². The zero-order chi connectivity index (χ0) is 18.6. The van der Waals surface area contributed by atoms with Crippen LogP contribution in [0.4, 0.5) is 0 Å². The molecule has 6 heteroatoms. The van der Waals surface area contributed by atoms with Crippen LogP contribution in [0.15, 0.2) is 34.5 Å². The SMILES string of the molecule is O=C(CCCCCC(=O)N/N=C1/C[C@H]2CC=C[C@@H]12)N/N=C1/C[C@@H]2CC=C[C@H]12. The van der Waals surface area contributed by atoms with Crippen LogP contribution < -0.4 is 10.9 Å². The molecule has 0 bridgehead atoms. The summed E-state index contributed by atoms with van der Waals surface area (Å²) in [5.41, 5.74) is 7.55. The summed E-state index contributed by atoms with van der Waals surface area (Å²) in [5.74, 6) is 2.29. The van der Waals surface area contributed by atoms with E-state index in [1.807, 2.05) is 0 Å². The van der Waals surface area contributed by atoms with Crippen LogP contribution >= 0.6 is 0 Å². The minimum Gasteiger partial charge on any atom is -0.273 e. The molecular weight excluding hydrogens is 340 g/mol. The summed E-state index contributed by atoms with van der Waals surface area (Å²) in [5, 5.41) is 8.52. The zero-order valence-electron chi connectivity index (χ0n) is 15.7. The van der Waals surface area contributed by atoms with E-state index in [1.165, 1.54) is 0 Å². The molecule has 0 unspecified atom stereocenters. The van der Waals surface area contributed by atoms with Crippen molar-refractivity contribution in [1.29, 1.82) is 0 Å². The molecule has 27 heavy (non-hydrogen) atoms. The molecule has 4 aliphatic carbocycles. The highest BCUT2D eigenvalue weighted by Gasteiger charge is 2.38. The topological polar surface area (TPSA) is 82.9 Å². The van der Waals surface area contributed by atoms with E-state index in [2.05, 4.69) is 45.4 Å². The first-order valence-corrected chi connectivity index (χ1v) is 10.2. The minimum absolute atomic E-state index is 0.0343. The number of fused-ring (bicyclic) bond motifs is 2. The lowest BCUT2D eigenvalue weighted by molar-refractivity contribution is -0.121. The van der Waals surface area contributed by atoms with Crippen LogP contribution in [0.3, 0.4) is 0 Å². The zero-order valence-corrected chi connectivity index (χ0v) is 15.7. The maximum Gasteiger partial charge on any atom is 0.240 e. The van der Waals surface area contributed by atoms with Gasteiger partial charge < -0.3 is 0 Å². The fraction of sp³-hybridized carbons (Fsp3) is 0.619. The van der Waals surface area contributed by atoms with Gasteiger partial charge in [-0.15, -0.1) is 0 Å². The van der Waals surface area contributed by atoms with Gasteiger partial charge in [-0.1, -0.05) is 30.7 Å². The third-order valence-electron chi connectivity index (χ3n) is 6.25. The molecule has 4 aliphatic rings. The molecule has 2 fully saturated rings. The normalized spacial score (nSPS) is 32.7. The van der Waals surface area contributed by atoms with Crippen molar-refractivity contribution in [3.05, 3.63) is 24.3 Å². The number of rotatable bonds is 8. The fourth-order valence-corrected chi connectivity index (χ4v) is 4.45. The molecule has 0 aromatic rings. The lowest BCUT2D eigenvalue weighted by Gasteiger charge is -2.31. The van der Waals surface area contributed by atoms with Crippen molar-refractivity contribution >= 4 is 23.2 Å². The Morgan fingerprint density at radius 2 is 1.30 bits per heavy atom. The Bertz CT molecular complexity index is 662. The predicted octanol–water partition coefficient (Wildman–Crippen LogP) is 3.07. The molecule has 4 rings (SSSR count). The van der Waals surface area contributed by atoms with E-state index in [0.717, 1.165) is 68.2 Å². The highest BCUT2D eigenvalue weighted by Crippen LogP contribution is 2.40. The standard InChI is InChI=1S/C21H28N4O2/c26-20(24-22-18-12-14-6-4-8-16(14)18)10-2-1-3-11-21(27)25-23-19-13-15-7-5-9-17(15)19/h4-5,8-9,14-17H,1-3,6-7,10-13H2,(H,24,26)(H,25,27)/b22-18-,23-19-/t14-,15+,16-,17+. The Morgan fingerprint density at radius 1 is 0.815 bits per heavy atom. The molecule has 0 aromatic carbocycles. The fourth-order valence-electron chi connectivity index (χ4n) is 4.45. The van der Waals surface area contributed by atoms with Crippen molar-refractivity contribution in [2.45, 2.75) is 57.8 Å². The van der Waals surface area contributed by atoms with E-state index >= 15 is 0 Å². The Balaban J connectivity index is 1.04. The monoisotopic (exact) mass is 368 g/mol. The van der Waals surface area contributed by atoms with E-state index in [9.17, 15) is 9.59 Å². The summed E-state index contributed by atoms with van der Waals surface area (Å²) in [6.45, 7) is 0. The van der Waals surface area contributed by atoms with Crippen molar-refractivity contribution < 1.29 is 9.59 Å². The number of carbonyl (C=O) groups excluding carboxylic acids is 2. The van der Waals surface area contributed by atoms with E-state index in [0.29, 0.717) is 24.7 Å². The first-order chi connectivity index (χ1) is 13.2. The lowest BCUT2D eigenvalue weighted by atomic mass is 9.74. The van der Waals surface area contributed by atoms with Gasteiger partial charge in [0.1, 0.15) is 0 Å². The van der Waals surface area contributed by atoms with E-state index in [-0.39, 0.29) is 11.8 Å². The quantitative estimate of drug-likeness (QED) is 0.392. The number of nitrogens with one attached hydrogen (secondary N) is 2. The van der Waals surface area contributed by atoms with Crippen LogP contribution in [0.1, 0.15) is 57.8 Å². The molecule has 2 N–H and O–H groups in total. The molecule has 6 nitrogen and oxygen atoms in total. The van der Waals surface area contributed by atoms with Crippen molar-refractivity contribution in [1.82, 2.24) is 10.9 Å². The van der Waals surface area contributed by atoms with Gasteiger partial charge in [0.25, 0.3) is 0 Å². The van der Waals surface area contributed by atoms with Crippen molar-refractivity contribution in [3.8, 4) is 0 Å². The summed E-state index contributed by atoms with van der Waals surface area (Å²) in [4.78, 5) is 23.7. The van der Waals surface area contributed by atoms with Gasteiger partial charge in [0.2, 0.25) is 11.8 Å². The molecule has 0 spiro atoms. The number of hydrogen-bond donors (Lipinski definition) is 2. The number of allylic oxidation sites excluding steroid dienone is 4. The Labute approximate surface area is 160 Å². The molecule has 0 aromatic heterocycles. The van der Waals surface area contributed by atoms with Gasteiger partial charge in [-0.05, 0) is 50.4 Å². The third-order valence-corrected chi connectivity index (χ3v) is 6.25. The summed E-state index contributed by atoms with van der Waals surface area (Å²) in [7, 11) is 0. The summed E-state index contributed by atoms with van der Waals surface area (Å²) in [6.07, 6.45) is 16.4. The van der Waals surface area contributed by atoms with Gasteiger partial charge in [-0.3, -0.25) is 9.59 Å².